The Labute approximate surface area is 139 Å². The van der Waals surface area contributed by atoms with Crippen LogP contribution in [0.3, 0.4) is 0 Å². The van der Waals surface area contributed by atoms with Crippen molar-refractivity contribution in [2.45, 2.75) is 51.0 Å². The van der Waals surface area contributed by atoms with E-state index in [1.165, 1.54) is 10.4 Å². The van der Waals surface area contributed by atoms with Gasteiger partial charge in [0.25, 0.3) is 5.91 Å². The average molecular weight is 338 g/mol. The van der Waals surface area contributed by atoms with Crippen molar-refractivity contribution in [1.82, 2.24) is 9.62 Å². The Morgan fingerprint density at radius 3 is 2.39 bits per heavy atom. The van der Waals surface area contributed by atoms with E-state index in [-0.39, 0.29) is 16.8 Å². The summed E-state index contributed by atoms with van der Waals surface area (Å²) in [5, 5.41) is 2.91. The van der Waals surface area contributed by atoms with Gasteiger partial charge in [0.15, 0.2) is 0 Å². The Morgan fingerprint density at radius 2 is 1.78 bits per heavy atom. The molecule has 1 saturated heterocycles. The van der Waals surface area contributed by atoms with Crippen LogP contribution < -0.4 is 5.32 Å². The molecule has 1 fully saturated rings. The first-order chi connectivity index (χ1) is 10.8. The van der Waals surface area contributed by atoms with E-state index in [4.69, 9.17) is 0 Å². The molecule has 1 unspecified atom stereocenters. The zero-order chi connectivity index (χ0) is 17.0. The Hall–Kier alpha value is -1.40. The first kappa shape index (κ1) is 17.9. The van der Waals surface area contributed by atoms with Crippen molar-refractivity contribution in [3.05, 3.63) is 29.8 Å². The topological polar surface area (TPSA) is 66.5 Å². The van der Waals surface area contributed by atoms with Crippen molar-refractivity contribution < 1.29 is 13.2 Å². The number of hydrogen-bond acceptors (Lipinski definition) is 3. The quantitative estimate of drug-likeness (QED) is 0.897. The van der Waals surface area contributed by atoms with Gasteiger partial charge in [0.1, 0.15) is 0 Å². The zero-order valence-corrected chi connectivity index (χ0v) is 14.9. The summed E-state index contributed by atoms with van der Waals surface area (Å²) in [4.78, 5) is 12.5. The lowest BCUT2D eigenvalue weighted by molar-refractivity contribution is 0.0930. The van der Waals surface area contributed by atoms with Gasteiger partial charge in [0.2, 0.25) is 10.0 Å². The second-order valence-corrected chi connectivity index (χ2v) is 8.44. The fourth-order valence-corrected chi connectivity index (χ4v) is 4.07. The van der Waals surface area contributed by atoms with Gasteiger partial charge in [-0.25, -0.2) is 8.42 Å². The van der Waals surface area contributed by atoms with Crippen LogP contribution in [0.25, 0.3) is 0 Å². The molecule has 0 radical (unpaired) electrons. The van der Waals surface area contributed by atoms with Crippen LogP contribution in [-0.2, 0) is 10.0 Å². The van der Waals surface area contributed by atoms with E-state index in [9.17, 15) is 13.2 Å². The minimum atomic E-state index is -3.51. The van der Waals surface area contributed by atoms with Gasteiger partial charge in [0, 0.05) is 24.7 Å². The highest BCUT2D eigenvalue weighted by Gasteiger charge is 2.26. The fraction of sp³-hybridized carbons (Fsp3) is 0.588. The lowest BCUT2D eigenvalue weighted by Gasteiger charge is -2.26. The molecule has 0 bridgehead atoms. The molecule has 1 atom stereocenters. The Balaban J connectivity index is 2.20. The summed E-state index contributed by atoms with van der Waals surface area (Å²) < 4.78 is 26.9. The molecule has 0 aliphatic carbocycles. The molecule has 1 heterocycles. The molecule has 1 N–H and O–H groups in total. The molecule has 128 valence electrons. The summed E-state index contributed by atoms with van der Waals surface area (Å²) in [5.74, 6) is 0.0844. The molecule has 1 aromatic carbocycles. The molecule has 1 aliphatic heterocycles. The number of piperidine rings is 1. The van der Waals surface area contributed by atoms with Crippen molar-refractivity contribution in [2.24, 2.45) is 5.92 Å². The minimum Gasteiger partial charge on any atom is -0.349 e. The molecule has 23 heavy (non-hydrogen) atoms. The van der Waals surface area contributed by atoms with Crippen molar-refractivity contribution >= 4 is 15.9 Å². The number of carbonyl (C=O) groups excluding carboxylic acids is 1. The van der Waals surface area contributed by atoms with Gasteiger partial charge in [-0.05, 0) is 43.9 Å². The summed E-state index contributed by atoms with van der Waals surface area (Å²) in [7, 11) is -3.51. The van der Waals surface area contributed by atoms with E-state index in [0.717, 1.165) is 19.3 Å². The molecule has 1 amide bonds. The Morgan fingerprint density at radius 1 is 1.13 bits per heavy atom. The third-order valence-electron chi connectivity index (χ3n) is 4.41. The zero-order valence-electron chi connectivity index (χ0n) is 14.1. The van der Waals surface area contributed by atoms with Gasteiger partial charge < -0.3 is 5.32 Å². The van der Waals surface area contributed by atoms with Crippen molar-refractivity contribution in [2.75, 3.05) is 13.1 Å². The number of nitrogens with one attached hydrogen (secondary N) is 1. The molecular formula is C17H26N2O3S. The normalized spacial score (nSPS) is 17.9. The van der Waals surface area contributed by atoms with Crippen molar-refractivity contribution in [3.63, 3.8) is 0 Å². The van der Waals surface area contributed by atoms with Gasteiger partial charge >= 0.3 is 0 Å². The molecule has 0 saturated carbocycles. The number of sulfonamides is 1. The largest absolute Gasteiger partial charge is 0.349 e. The maximum absolute atomic E-state index is 12.7. The third kappa shape index (κ3) is 4.32. The second kappa shape index (κ2) is 7.45. The summed E-state index contributed by atoms with van der Waals surface area (Å²) >= 11 is 0. The summed E-state index contributed by atoms with van der Waals surface area (Å²) in [6.45, 7) is 7.12. The minimum absolute atomic E-state index is 0.0323. The molecule has 6 heteroatoms. The number of amides is 1. The van der Waals surface area contributed by atoms with Crippen LogP contribution in [0, 0.1) is 5.92 Å². The first-order valence-corrected chi connectivity index (χ1v) is 9.67. The predicted molar refractivity (Wildman–Crippen MR) is 90.8 cm³/mol. The lowest BCUT2D eigenvalue weighted by Crippen LogP contribution is -2.37. The predicted octanol–water partition coefficient (Wildman–Crippen LogP) is 2.64. The maximum Gasteiger partial charge on any atom is 0.251 e. The van der Waals surface area contributed by atoms with Crippen LogP contribution in [0.2, 0.25) is 0 Å². The van der Waals surface area contributed by atoms with Crippen LogP contribution >= 0.6 is 0 Å². The SMILES string of the molecule is CC(C)C(C)NC(=O)c1cccc(S(=O)(=O)N2CCCCC2)c1. The molecule has 1 aliphatic rings. The summed E-state index contributed by atoms with van der Waals surface area (Å²) in [6, 6.07) is 6.35. The van der Waals surface area contributed by atoms with E-state index in [0.29, 0.717) is 24.6 Å². The molecule has 2 rings (SSSR count). The Kier molecular flexibility index (Phi) is 5.81. The lowest BCUT2D eigenvalue weighted by atomic mass is 10.1. The smallest absolute Gasteiger partial charge is 0.251 e. The van der Waals surface area contributed by atoms with E-state index in [2.05, 4.69) is 5.32 Å². The molecule has 1 aromatic rings. The number of benzene rings is 1. The van der Waals surface area contributed by atoms with Crippen LogP contribution in [0.5, 0.6) is 0 Å². The highest BCUT2D eigenvalue weighted by Crippen LogP contribution is 2.21. The van der Waals surface area contributed by atoms with Crippen molar-refractivity contribution in [3.8, 4) is 0 Å². The van der Waals surface area contributed by atoms with Crippen molar-refractivity contribution in [1.29, 1.82) is 0 Å². The standard InChI is InChI=1S/C17H26N2O3S/c1-13(2)14(3)18-17(20)15-8-7-9-16(12-15)23(21,22)19-10-5-4-6-11-19/h7-9,12-14H,4-6,10-11H2,1-3H3,(H,18,20). The van der Waals surface area contributed by atoms with Gasteiger partial charge in [-0.3, -0.25) is 4.79 Å². The van der Waals surface area contributed by atoms with Gasteiger partial charge in [0.05, 0.1) is 4.90 Å². The van der Waals surface area contributed by atoms with E-state index in [1.807, 2.05) is 20.8 Å². The number of hydrogen-bond donors (Lipinski definition) is 1. The highest BCUT2D eigenvalue weighted by molar-refractivity contribution is 7.89. The molecule has 5 nitrogen and oxygen atoms in total. The van der Waals surface area contributed by atoms with Gasteiger partial charge in [-0.2, -0.15) is 4.31 Å². The summed E-state index contributed by atoms with van der Waals surface area (Å²) in [5.41, 5.74) is 0.385. The molecule has 0 spiro atoms. The van der Waals surface area contributed by atoms with Gasteiger partial charge in [-0.1, -0.05) is 26.3 Å². The van der Waals surface area contributed by atoms with Gasteiger partial charge in [-0.15, -0.1) is 0 Å². The number of nitrogens with zero attached hydrogens (tertiary/aromatic N) is 1. The molecular weight excluding hydrogens is 312 g/mol. The average Bonchev–Trinajstić information content (AvgIpc) is 2.55. The van der Waals surface area contributed by atoms with Crippen LogP contribution in [0.1, 0.15) is 50.4 Å². The van der Waals surface area contributed by atoms with Crippen LogP contribution in [0.4, 0.5) is 0 Å². The third-order valence-corrected chi connectivity index (χ3v) is 6.30. The number of carbonyl (C=O) groups is 1. The monoisotopic (exact) mass is 338 g/mol. The summed E-state index contributed by atoms with van der Waals surface area (Å²) in [6.07, 6.45) is 2.86. The fourth-order valence-electron chi connectivity index (χ4n) is 2.51. The highest BCUT2D eigenvalue weighted by atomic mass is 32.2. The van der Waals surface area contributed by atoms with Crippen LogP contribution in [0.15, 0.2) is 29.2 Å². The van der Waals surface area contributed by atoms with Crippen LogP contribution in [-0.4, -0.2) is 37.8 Å². The first-order valence-electron chi connectivity index (χ1n) is 8.23. The Bertz CT molecular complexity index is 650. The maximum atomic E-state index is 12.7. The van der Waals surface area contributed by atoms with E-state index in [1.54, 1.807) is 18.2 Å². The molecule has 0 aromatic heterocycles. The number of rotatable bonds is 5. The second-order valence-electron chi connectivity index (χ2n) is 6.50. The van der Waals surface area contributed by atoms with E-state index >= 15 is 0 Å². The van der Waals surface area contributed by atoms with E-state index < -0.39 is 10.0 Å².